The summed E-state index contributed by atoms with van der Waals surface area (Å²) in [6.07, 6.45) is 0. The standard InChI is InChI=1S/C15H17ClN2S/c1-9(2)14-17-13(16)11(4)15(18-14)19-12-8-6-5-7-10(12)3/h5-9H,1-4H3. The zero-order valence-electron chi connectivity index (χ0n) is 11.6. The molecule has 4 heteroatoms. The summed E-state index contributed by atoms with van der Waals surface area (Å²) in [7, 11) is 0. The number of hydrogen-bond acceptors (Lipinski definition) is 3. The van der Waals surface area contributed by atoms with Crippen molar-refractivity contribution in [3.8, 4) is 0 Å². The summed E-state index contributed by atoms with van der Waals surface area (Å²) < 4.78 is 0. The van der Waals surface area contributed by atoms with Crippen molar-refractivity contribution in [3.05, 3.63) is 46.4 Å². The van der Waals surface area contributed by atoms with Gasteiger partial charge in [0.05, 0.1) is 0 Å². The second kappa shape index (κ2) is 5.93. The van der Waals surface area contributed by atoms with Crippen LogP contribution in [-0.2, 0) is 0 Å². The fourth-order valence-corrected chi connectivity index (χ4v) is 2.82. The van der Waals surface area contributed by atoms with Gasteiger partial charge in [0.15, 0.2) is 0 Å². The molecule has 2 rings (SSSR count). The number of halogens is 1. The van der Waals surface area contributed by atoms with Crippen LogP contribution in [0.25, 0.3) is 0 Å². The van der Waals surface area contributed by atoms with Crippen molar-refractivity contribution in [2.24, 2.45) is 0 Å². The van der Waals surface area contributed by atoms with E-state index < -0.39 is 0 Å². The van der Waals surface area contributed by atoms with Crippen LogP contribution >= 0.6 is 23.4 Å². The zero-order valence-corrected chi connectivity index (χ0v) is 13.1. The van der Waals surface area contributed by atoms with Crippen molar-refractivity contribution in [1.82, 2.24) is 9.97 Å². The smallest absolute Gasteiger partial charge is 0.136 e. The Morgan fingerprint density at radius 1 is 1.11 bits per heavy atom. The molecule has 2 nitrogen and oxygen atoms in total. The van der Waals surface area contributed by atoms with E-state index in [1.54, 1.807) is 11.8 Å². The Balaban J connectivity index is 2.42. The minimum absolute atomic E-state index is 0.273. The highest BCUT2D eigenvalue weighted by Gasteiger charge is 2.13. The molecule has 19 heavy (non-hydrogen) atoms. The van der Waals surface area contributed by atoms with Crippen LogP contribution in [0.4, 0.5) is 0 Å². The second-order valence-corrected chi connectivity index (χ2v) is 6.21. The predicted octanol–water partition coefficient (Wildman–Crippen LogP) is 5.02. The normalized spacial score (nSPS) is 11.1. The van der Waals surface area contributed by atoms with Crippen molar-refractivity contribution in [1.29, 1.82) is 0 Å². The lowest BCUT2D eigenvalue weighted by atomic mass is 10.2. The van der Waals surface area contributed by atoms with Crippen LogP contribution in [0.2, 0.25) is 5.15 Å². The van der Waals surface area contributed by atoms with E-state index in [1.165, 1.54) is 10.5 Å². The molecule has 0 spiro atoms. The lowest BCUT2D eigenvalue weighted by Crippen LogP contribution is -2.01. The molecule has 1 heterocycles. The van der Waals surface area contributed by atoms with E-state index >= 15 is 0 Å². The van der Waals surface area contributed by atoms with Crippen LogP contribution in [0.15, 0.2) is 34.2 Å². The number of rotatable bonds is 3. The topological polar surface area (TPSA) is 25.8 Å². The summed E-state index contributed by atoms with van der Waals surface area (Å²) in [6.45, 7) is 8.21. The van der Waals surface area contributed by atoms with Crippen LogP contribution in [0.3, 0.4) is 0 Å². The first-order chi connectivity index (χ1) is 8.99. The molecule has 100 valence electrons. The second-order valence-electron chi connectivity index (χ2n) is 4.83. The molecule has 0 saturated carbocycles. The average Bonchev–Trinajstić information content (AvgIpc) is 2.37. The molecule has 0 bridgehead atoms. The molecule has 0 saturated heterocycles. The minimum atomic E-state index is 0.273. The molecule has 0 unspecified atom stereocenters. The maximum atomic E-state index is 6.20. The van der Waals surface area contributed by atoms with Gasteiger partial charge in [-0.15, -0.1) is 0 Å². The van der Waals surface area contributed by atoms with Crippen LogP contribution < -0.4 is 0 Å². The summed E-state index contributed by atoms with van der Waals surface area (Å²) in [5.41, 5.74) is 2.19. The molecule has 0 fully saturated rings. The van der Waals surface area contributed by atoms with Gasteiger partial charge in [-0.1, -0.05) is 55.4 Å². The van der Waals surface area contributed by atoms with Gasteiger partial charge < -0.3 is 0 Å². The number of benzene rings is 1. The maximum absolute atomic E-state index is 6.20. The van der Waals surface area contributed by atoms with E-state index in [0.29, 0.717) is 5.15 Å². The van der Waals surface area contributed by atoms with Gasteiger partial charge in [0.2, 0.25) is 0 Å². The van der Waals surface area contributed by atoms with E-state index in [2.05, 4.69) is 42.9 Å². The Morgan fingerprint density at radius 3 is 2.42 bits per heavy atom. The molecule has 2 aromatic rings. The van der Waals surface area contributed by atoms with Crippen LogP contribution in [0.1, 0.15) is 36.7 Å². The van der Waals surface area contributed by atoms with Crippen molar-refractivity contribution < 1.29 is 0 Å². The first kappa shape index (κ1) is 14.4. The molecule has 0 radical (unpaired) electrons. The highest BCUT2D eigenvalue weighted by Crippen LogP contribution is 2.33. The predicted molar refractivity (Wildman–Crippen MR) is 81.2 cm³/mol. The monoisotopic (exact) mass is 292 g/mol. The first-order valence-corrected chi connectivity index (χ1v) is 7.46. The Bertz CT molecular complexity index is 597. The number of nitrogens with zero attached hydrogens (tertiary/aromatic N) is 2. The third kappa shape index (κ3) is 3.28. The fraction of sp³-hybridized carbons (Fsp3) is 0.333. The van der Waals surface area contributed by atoms with Gasteiger partial charge >= 0.3 is 0 Å². The van der Waals surface area contributed by atoms with E-state index in [9.17, 15) is 0 Å². The summed E-state index contributed by atoms with van der Waals surface area (Å²) in [5.74, 6) is 1.07. The lowest BCUT2D eigenvalue weighted by Gasteiger charge is -2.11. The van der Waals surface area contributed by atoms with E-state index in [0.717, 1.165) is 16.4 Å². The van der Waals surface area contributed by atoms with Crippen molar-refractivity contribution >= 4 is 23.4 Å². The molecule has 0 atom stereocenters. The van der Waals surface area contributed by atoms with E-state index in [4.69, 9.17) is 11.6 Å². The highest BCUT2D eigenvalue weighted by atomic mass is 35.5. The molecule has 0 aliphatic rings. The Kier molecular flexibility index (Phi) is 4.48. The SMILES string of the molecule is Cc1ccccc1Sc1nc(C(C)C)nc(Cl)c1C. The largest absolute Gasteiger partial charge is 0.226 e. The van der Waals surface area contributed by atoms with Gasteiger partial charge in [-0.05, 0) is 25.5 Å². The van der Waals surface area contributed by atoms with E-state index in [1.807, 2.05) is 19.1 Å². The summed E-state index contributed by atoms with van der Waals surface area (Å²) >= 11 is 7.86. The van der Waals surface area contributed by atoms with Gasteiger partial charge in [-0.2, -0.15) is 0 Å². The third-order valence-electron chi connectivity index (χ3n) is 2.88. The molecule has 0 aliphatic heterocycles. The first-order valence-electron chi connectivity index (χ1n) is 6.26. The molecule has 0 amide bonds. The van der Waals surface area contributed by atoms with Gasteiger partial charge in [0.25, 0.3) is 0 Å². The average molecular weight is 293 g/mol. The molecule has 0 N–H and O–H groups in total. The lowest BCUT2D eigenvalue weighted by molar-refractivity contribution is 0.747. The van der Waals surface area contributed by atoms with Crippen LogP contribution in [0, 0.1) is 13.8 Å². The molecule has 1 aromatic heterocycles. The van der Waals surface area contributed by atoms with Crippen molar-refractivity contribution in [2.75, 3.05) is 0 Å². The summed E-state index contributed by atoms with van der Waals surface area (Å²) in [5, 5.41) is 1.49. The van der Waals surface area contributed by atoms with Crippen LogP contribution in [0.5, 0.6) is 0 Å². The third-order valence-corrected chi connectivity index (χ3v) is 4.51. The molecule has 1 aromatic carbocycles. The summed E-state index contributed by atoms with van der Waals surface area (Å²) in [4.78, 5) is 10.2. The van der Waals surface area contributed by atoms with Gasteiger partial charge in [-0.25, -0.2) is 9.97 Å². The highest BCUT2D eigenvalue weighted by molar-refractivity contribution is 7.99. The van der Waals surface area contributed by atoms with Crippen LogP contribution in [-0.4, -0.2) is 9.97 Å². The van der Waals surface area contributed by atoms with E-state index in [-0.39, 0.29) is 5.92 Å². The van der Waals surface area contributed by atoms with Crippen molar-refractivity contribution in [3.63, 3.8) is 0 Å². The molecular weight excluding hydrogens is 276 g/mol. The maximum Gasteiger partial charge on any atom is 0.136 e. The Labute approximate surface area is 123 Å². The van der Waals surface area contributed by atoms with Gasteiger partial charge in [0.1, 0.15) is 16.0 Å². The number of hydrogen-bond donors (Lipinski definition) is 0. The zero-order chi connectivity index (χ0) is 14.0. The van der Waals surface area contributed by atoms with Gasteiger partial charge in [-0.3, -0.25) is 0 Å². The quantitative estimate of drug-likeness (QED) is 0.743. The number of aromatic nitrogens is 2. The minimum Gasteiger partial charge on any atom is -0.226 e. The number of aryl methyl sites for hydroxylation is 1. The molecular formula is C15H17ClN2S. The Morgan fingerprint density at radius 2 is 1.79 bits per heavy atom. The fourth-order valence-electron chi connectivity index (χ4n) is 1.62. The summed E-state index contributed by atoms with van der Waals surface area (Å²) in [6, 6.07) is 8.28. The van der Waals surface area contributed by atoms with Crippen molar-refractivity contribution in [2.45, 2.75) is 43.5 Å². The van der Waals surface area contributed by atoms with Gasteiger partial charge in [0, 0.05) is 16.4 Å². The molecule has 0 aliphatic carbocycles. The Hall–Kier alpha value is -1.06.